The molecule has 106 valence electrons. The van der Waals surface area contributed by atoms with E-state index in [2.05, 4.69) is 4.99 Å². The van der Waals surface area contributed by atoms with E-state index in [0.29, 0.717) is 22.9 Å². The van der Waals surface area contributed by atoms with E-state index in [4.69, 9.17) is 20.3 Å². The minimum Gasteiger partial charge on any atom is -0.478 e. The summed E-state index contributed by atoms with van der Waals surface area (Å²) >= 11 is 0. The highest BCUT2D eigenvalue weighted by molar-refractivity contribution is 5.91. The van der Waals surface area contributed by atoms with Gasteiger partial charge in [0, 0.05) is 6.21 Å². The van der Waals surface area contributed by atoms with Crippen molar-refractivity contribution >= 4 is 23.6 Å². The molecule has 0 saturated heterocycles. The number of anilines is 1. The zero-order valence-electron chi connectivity index (χ0n) is 10.9. The molecule has 1 aliphatic rings. The molecule has 2 aromatic rings. The van der Waals surface area contributed by atoms with Crippen LogP contribution < -0.4 is 15.2 Å². The van der Waals surface area contributed by atoms with Crippen LogP contribution in [-0.2, 0) is 0 Å². The highest BCUT2D eigenvalue weighted by atomic mass is 16.7. The van der Waals surface area contributed by atoms with E-state index in [0.717, 1.165) is 5.56 Å². The molecule has 1 aliphatic heterocycles. The molecular weight excluding hydrogens is 272 g/mol. The molecule has 6 nitrogen and oxygen atoms in total. The van der Waals surface area contributed by atoms with Gasteiger partial charge in [0.1, 0.15) is 0 Å². The molecule has 0 unspecified atom stereocenters. The molecule has 0 spiro atoms. The number of nitrogens with zero attached hydrogens (tertiary/aromatic N) is 1. The van der Waals surface area contributed by atoms with E-state index in [1.807, 2.05) is 12.1 Å². The van der Waals surface area contributed by atoms with Gasteiger partial charge in [-0.3, -0.25) is 4.99 Å². The Kier molecular flexibility index (Phi) is 3.19. The summed E-state index contributed by atoms with van der Waals surface area (Å²) in [5.74, 6) is 0.360. The maximum absolute atomic E-state index is 10.8. The summed E-state index contributed by atoms with van der Waals surface area (Å²) in [6.45, 7) is 0.222. The molecular formula is C15H12N2O4. The molecule has 0 radical (unpaired) electrons. The normalized spacial score (nSPS) is 12.8. The van der Waals surface area contributed by atoms with Crippen molar-refractivity contribution in [2.45, 2.75) is 0 Å². The third kappa shape index (κ3) is 2.64. The number of nitrogens with two attached hydrogens (primary N) is 1. The quantitative estimate of drug-likeness (QED) is 0.667. The Labute approximate surface area is 120 Å². The van der Waals surface area contributed by atoms with E-state index in [-0.39, 0.29) is 12.4 Å². The van der Waals surface area contributed by atoms with Crippen LogP contribution >= 0.6 is 0 Å². The zero-order valence-corrected chi connectivity index (χ0v) is 10.9. The maximum Gasteiger partial charge on any atom is 0.335 e. The van der Waals surface area contributed by atoms with Crippen molar-refractivity contribution in [3.05, 3.63) is 47.5 Å². The Balaban J connectivity index is 1.84. The first-order valence-electron chi connectivity index (χ1n) is 6.20. The summed E-state index contributed by atoms with van der Waals surface area (Å²) < 4.78 is 10.5. The second-order valence-electron chi connectivity index (χ2n) is 4.45. The molecule has 6 heteroatoms. The van der Waals surface area contributed by atoms with Crippen molar-refractivity contribution in [2.24, 2.45) is 4.99 Å². The van der Waals surface area contributed by atoms with Gasteiger partial charge in [0.15, 0.2) is 11.5 Å². The summed E-state index contributed by atoms with van der Waals surface area (Å²) in [6.07, 6.45) is 1.63. The highest BCUT2D eigenvalue weighted by Crippen LogP contribution is 2.32. The minimum atomic E-state index is -1.02. The number of aromatic carboxylic acids is 1. The number of carboxylic acids is 1. The van der Waals surface area contributed by atoms with E-state index < -0.39 is 5.97 Å². The Hall–Kier alpha value is -3.02. The van der Waals surface area contributed by atoms with Gasteiger partial charge in [0.2, 0.25) is 6.79 Å². The number of ether oxygens (including phenoxy) is 2. The van der Waals surface area contributed by atoms with Crippen LogP contribution in [0.2, 0.25) is 0 Å². The third-order valence-electron chi connectivity index (χ3n) is 3.02. The number of aliphatic imine (C=N–C) groups is 1. The van der Waals surface area contributed by atoms with Crippen LogP contribution in [-0.4, -0.2) is 24.1 Å². The van der Waals surface area contributed by atoms with E-state index in [1.165, 1.54) is 12.1 Å². The topological polar surface area (TPSA) is 94.1 Å². The molecule has 0 amide bonds. The van der Waals surface area contributed by atoms with Gasteiger partial charge in [-0.2, -0.15) is 0 Å². The van der Waals surface area contributed by atoms with Crippen molar-refractivity contribution < 1.29 is 19.4 Å². The van der Waals surface area contributed by atoms with Crippen LogP contribution in [0.4, 0.5) is 11.4 Å². The standard InChI is InChI=1S/C15H12N2O4/c16-11-6-10(15(18)19)2-3-12(11)17-7-9-1-4-13-14(5-9)21-8-20-13/h1-7H,8,16H2,(H,18,19)/b17-7+. The molecule has 0 fully saturated rings. The number of nitrogen functional groups attached to an aromatic ring is 1. The van der Waals surface area contributed by atoms with Gasteiger partial charge in [-0.05, 0) is 42.0 Å². The molecule has 0 bridgehead atoms. The van der Waals surface area contributed by atoms with Gasteiger partial charge in [0.05, 0.1) is 16.9 Å². The van der Waals surface area contributed by atoms with Crippen molar-refractivity contribution in [1.29, 1.82) is 0 Å². The molecule has 0 aromatic heterocycles. The molecule has 0 aliphatic carbocycles. The SMILES string of the molecule is Nc1cc(C(=O)O)ccc1/N=C/c1ccc2c(c1)OCO2. The number of rotatable bonds is 3. The summed E-state index contributed by atoms with van der Waals surface area (Å²) in [5, 5.41) is 8.88. The molecule has 3 rings (SSSR count). The highest BCUT2D eigenvalue weighted by Gasteiger charge is 2.12. The van der Waals surface area contributed by atoms with Crippen LogP contribution in [0.1, 0.15) is 15.9 Å². The molecule has 3 N–H and O–H groups in total. The average Bonchev–Trinajstić information content (AvgIpc) is 2.93. The molecule has 0 saturated carbocycles. The third-order valence-corrected chi connectivity index (χ3v) is 3.02. The number of fused-ring (bicyclic) bond motifs is 1. The van der Waals surface area contributed by atoms with Gasteiger partial charge in [0.25, 0.3) is 0 Å². The lowest BCUT2D eigenvalue weighted by molar-refractivity contribution is 0.0697. The smallest absolute Gasteiger partial charge is 0.335 e. The fourth-order valence-electron chi connectivity index (χ4n) is 1.94. The zero-order chi connectivity index (χ0) is 14.8. The van der Waals surface area contributed by atoms with Gasteiger partial charge in [-0.25, -0.2) is 4.79 Å². The van der Waals surface area contributed by atoms with E-state index >= 15 is 0 Å². The summed E-state index contributed by atoms with van der Waals surface area (Å²) in [7, 11) is 0. The number of carboxylic acid groups (broad SMARTS) is 1. The van der Waals surface area contributed by atoms with Crippen molar-refractivity contribution in [3.8, 4) is 11.5 Å². The Morgan fingerprint density at radius 3 is 2.76 bits per heavy atom. The molecule has 21 heavy (non-hydrogen) atoms. The van der Waals surface area contributed by atoms with E-state index in [9.17, 15) is 4.79 Å². The Morgan fingerprint density at radius 1 is 1.19 bits per heavy atom. The monoisotopic (exact) mass is 284 g/mol. The van der Waals surface area contributed by atoms with Crippen molar-refractivity contribution in [1.82, 2.24) is 0 Å². The lowest BCUT2D eigenvalue weighted by Gasteiger charge is -2.02. The first kappa shape index (κ1) is 13.0. The van der Waals surface area contributed by atoms with Gasteiger partial charge in [-0.15, -0.1) is 0 Å². The van der Waals surface area contributed by atoms with Crippen LogP contribution in [0.25, 0.3) is 0 Å². The summed E-state index contributed by atoms with van der Waals surface area (Å²) in [4.78, 5) is 15.1. The summed E-state index contributed by atoms with van der Waals surface area (Å²) in [6, 6.07) is 9.88. The Bertz CT molecular complexity index is 740. The average molecular weight is 284 g/mol. The Morgan fingerprint density at radius 2 is 2.00 bits per heavy atom. The van der Waals surface area contributed by atoms with Crippen LogP contribution in [0.5, 0.6) is 11.5 Å². The maximum atomic E-state index is 10.8. The molecule has 2 aromatic carbocycles. The molecule has 0 atom stereocenters. The van der Waals surface area contributed by atoms with Crippen molar-refractivity contribution in [2.75, 3.05) is 12.5 Å². The first-order chi connectivity index (χ1) is 10.1. The van der Waals surface area contributed by atoms with Crippen molar-refractivity contribution in [3.63, 3.8) is 0 Å². The predicted octanol–water partition coefficient (Wildman–Crippen LogP) is 2.45. The number of hydrogen-bond donors (Lipinski definition) is 2. The van der Waals surface area contributed by atoms with Crippen LogP contribution in [0.15, 0.2) is 41.4 Å². The van der Waals surface area contributed by atoms with Gasteiger partial charge < -0.3 is 20.3 Å². The van der Waals surface area contributed by atoms with Crippen LogP contribution in [0.3, 0.4) is 0 Å². The van der Waals surface area contributed by atoms with Crippen LogP contribution in [0, 0.1) is 0 Å². The lowest BCUT2D eigenvalue weighted by Crippen LogP contribution is -1.97. The van der Waals surface area contributed by atoms with Gasteiger partial charge >= 0.3 is 5.97 Å². The second kappa shape index (κ2) is 5.16. The minimum absolute atomic E-state index is 0.134. The predicted molar refractivity (Wildman–Crippen MR) is 77.6 cm³/mol. The fraction of sp³-hybridized carbons (Fsp3) is 0.0667. The fourth-order valence-corrected chi connectivity index (χ4v) is 1.94. The lowest BCUT2D eigenvalue weighted by atomic mass is 10.1. The second-order valence-corrected chi connectivity index (χ2v) is 4.45. The molecule has 1 heterocycles. The number of benzene rings is 2. The van der Waals surface area contributed by atoms with E-state index in [1.54, 1.807) is 18.3 Å². The number of hydrogen-bond acceptors (Lipinski definition) is 5. The first-order valence-corrected chi connectivity index (χ1v) is 6.20. The van der Waals surface area contributed by atoms with Gasteiger partial charge in [-0.1, -0.05) is 0 Å². The number of carbonyl (C=O) groups is 1. The largest absolute Gasteiger partial charge is 0.478 e. The summed E-state index contributed by atoms with van der Waals surface area (Å²) in [5.41, 5.74) is 7.58.